The van der Waals surface area contributed by atoms with Gasteiger partial charge in [0, 0.05) is 6.04 Å². The second-order valence-electron chi connectivity index (χ2n) is 4.31. The van der Waals surface area contributed by atoms with Crippen LogP contribution in [-0.4, -0.2) is 28.2 Å². The van der Waals surface area contributed by atoms with Gasteiger partial charge in [0.15, 0.2) is 0 Å². The minimum atomic E-state index is -4.67. The molecule has 1 unspecified atom stereocenters. The molecule has 0 aromatic carbocycles. The zero-order valence-electron chi connectivity index (χ0n) is 10.5. The Bertz CT molecular complexity index is 553. The average molecular weight is 338 g/mol. The molecule has 0 aliphatic heterocycles. The van der Waals surface area contributed by atoms with Crippen LogP contribution in [0.2, 0.25) is 5.02 Å². The topological polar surface area (TPSA) is 46.9 Å². The first-order chi connectivity index (χ1) is 9.39. The second-order valence-corrected chi connectivity index (χ2v) is 4.69. The van der Waals surface area contributed by atoms with Crippen LogP contribution in [0.4, 0.5) is 32.0 Å². The van der Waals surface area contributed by atoms with E-state index >= 15 is 0 Å². The van der Waals surface area contributed by atoms with Crippen molar-refractivity contribution in [3.8, 4) is 0 Å². The van der Waals surface area contributed by atoms with E-state index in [1.807, 2.05) is 0 Å². The van der Waals surface area contributed by atoms with Crippen LogP contribution in [-0.2, 0) is 6.54 Å². The van der Waals surface area contributed by atoms with Crippen LogP contribution in [0, 0.1) is 0 Å². The number of hydrogen-bond acceptors (Lipinski definition) is 3. The summed E-state index contributed by atoms with van der Waals surface area (Å²) in [5.41, 5.74) is -1.49. The molecule has 0 saturated carbocycles. The summed E-state index contributed by atoms with van der Waals surface area (Å²) in [6.07, 6.45) is -9.52. The molecule has 0 amide bonds. The van der Waals surface area contributed by atoms with E-state index in [1.54, 1.807) is 0 Å². The van der Waals surface area contributed by atoms with E-state index in [-0.39, 0.29) is 10.4 Å². The third-order valence-corrected chi connectivity index (χ3v) is 2.62. The highest BCUT2D eigenvalue weighted by Gasteiger charge is 2.31. The first kappa shape index (κ1) is 17.6. The predicted octanol–water partition coefficient (Wildman–Crippen LogP) is 3.21. The molecule has 0 aliphatic carbocycles. The van der Waals surface area contributed by atoms with Crippen LogP contribution in [0.5, 0.6) is 0 Å². The highest BCUT2D eigenvalue weighted by molar-refractivity contribution is 6.32. The van der Waals surface area contributed by atoms with Gasteiger partial charge in [-0.1, -0.05) is 11.6 Å². The summed E-state index contributed by atoms with van der Waals surface area (Å²) in [7, 11) is 0. The highest BCUT2D eigenvalue weighted by Crippen LogP contribution is 2.25. The summed E-state index contributed by atoms with van der Waals surface area (Å²) in [5, 5.41) is 4.87. The molecular formula is C10H10ClF6N3O. The number of rotatable bonds is 4. The van der Waals surface area contributed by atoms with Gasteiger partial charge in [0.2, 0.25) is 0 Å². The predicted molar refractivity (Wildman–Crippen MR) is 63.3 cm³/mol. The number of aromatic nitrogens is 2. The van der Waals surface area contributed by atoms with Crippen molar-refractivity contribution in [3.05, 3.63) is 21.6 Å². The molecule has 1 aromatic heterocycles. The largest absolute Gasteiger partial charge is 0.408 e. The summed E-state index contributed by atoms with van der Waals surface area (Å²) < 4.78 is 73.1. The minimum absolute atomic E-state index is 0.0853. The van der Waals surface area contributed by atoms with Gasteiger partial charge in [-0.15, -0.1) is 0 Å². The molecule has 1 aromatic rings. The number of nitrogens with zero attached hydrogens (tertiary/aromatic N) is 2. The molecule has 0 radical (unpaired) electrons. The molecule has 120 valence electrons. The monoisotopic (exact) mass is 337 g/mol. The Morgan fingerprint density at radius 3 is 2.33 bits per heavy atom. The van der Waals surface area contributed by atoms with Gasteiger partial charge in [0.25, 0.3) is 5.56 Å². The maximum absolute atomic E-state index is 12.2. The van der Waals surface area contributed by atoms with Gasteiger partial charge in [-0.3, -0.25) is 4.79 Å². The molecule has 0 saturated heterocycles. The molecule has 0 spiro atoms. The zero-order chi connectivity index (χ0) is 16.4. The smallest absolute Gasteiger partial charge is 0.380 e. The molecule has 1 N–H and O–H groups in total. The van der Waals surface area contributed by atoms with Crippen molar-refractivity contribution in [2.75, 3.05) is 5.32 Å². The Hall–Kier alpha value is -1.45. The van der Waals surface area contributed by atoms with Gasteiger partial charge in [-0.25, -0.2) is 4.68 Å². The fourth-order valence-corrected chi connectivity index (χ4v) is 1.71. The summed E-state index contributed by atoms with van der Waals surface area (Å²) in [4.78, 5) is 11.5. The van der Waals surface area contributed by atoms with Gasteiger partial charge < -0.3 is 5.32 Å². The van der Waals surface area contributed by atoms with E-state index in [0.717, 1.165) is 6.20 Å². The number of hydrogen-bond donors (Lipinski definition) is 1. The molecule has 4 nitrogen and oxygen atoms in total. The first-order valence-corrected chi connectivity index (χ1v) is 5.92. The van der Waals surface area contributed by atoms with Crippen molar-refractivity contribution in [2.45, 2.75) is 38.3 Å². The van der Waals surface area contributed by atoms with Crippen molar-refractivity contribution in [1.29, 1.82) is 0 Å². The number of anilines is 1. The van der Waals surface area contributed by atoms with Crippen molar-refractivity contribution in [3.63, 3.8) is 0 Å². The Kier molecular flexibility index (Phi) is 5.13. The maximum Gasteiger partial charge on any atom is 0.408 e. The summed E-state index contributed by atoms with van der Waals surface area (Å²) in [6, 6.07) is -1.12. The van der Waals surface area contributed by atoms with Crippen LogP contribution in [0.1, 0.15) is 13.3 Å². The Balaban J connectivity index is 2.92. The molecule has 1 heterocycles. The maximum atomic E-state index is 12.2. The molecule has 0 fully saturated rings. The van der Waals surface area contributed by atoms with E-state index in [2.05, 4.69) is 10.4 Å². The Labute approximate surface area is 119 Å². The molecule has 21 heavy (non-hydrogen) atoms. The lowest BCUT2D eigenvalue weighted by Crippen LogP contribution is -2.32. The highest BCUT2D eigenvalue weighted by atomic mass is 35.5. The van der Waals surface area contributed by atoms with Crippen LogP contribution in [0.3, 0.4) is 0 Å². The van der Waals surface area contributed by atoms with Crippen molar-refractivity contribution >= 4 is 17.3 Å². The van der Waals surface area contributed by atoms with E-state index in [0.29, 0.717) is 0 Å². The second kappa shape index (κ2) is 6.12. The SMILES string of the molecule is CC(CC(F)(F)F)Nc1cnn(CC(F)(F)F)c(=O)c1Cl. The fourth-order valence-electron chi connectivity index (χ4n) is 1.51. The fraction of sp³-hybridized carbons (Fsp3) is 0.600. The summed E-state index contributed by atoms with van der Waals surface area (Å²) >= 11 is 5.56. The molecular weight excluding hydrogens is 328 g/mol. The molecule has 1 rings (SSSR count). The van der Waals surface area contributed by atoms with Gasteiger partial charge >= 0.3 is 12.4 Å². The number of halogens is 7. The lowest BCUT2D eigenvalue weighted by Gasteiger charge is -2.18. The van der Waals surface area contributed by atoms with Gasteiger partial charge in [-0.2, -0.15) is 31.4 Å². The number of alkyl halides is 6. The van der Waals surface area contributed by atoms with Crippen LogP contribution < -0.4 is 10.9 Å². The van der Waals surface area contributed by atoms with E-state index < -0.39 is 41.9 Å². The van der Waals surface area contributed by atoms with E-state index in [1.165, 1.54) is 6.92 Å². The third kappa shape index (κ3) is 5.82. The third-order valence-electron chi connectivity index (χ3n) is 2.25. The molecule has 0 aliphatic rings. The van der Waals surface area contributed by atoms with Crippen molar-refractivity contribution in [1.82, 2.24) is 9.78 Å². The first-order valence-electron chi connectivity index (χ1n) is 5.55. The normalized spacial score (nSPS) is 14.1. The quantitative estimate of drug-likeness (QED) is 0.858. The van der Waals surface area contributed by atoms with Crippen molar-refractivity contribution < 1.29 is 26.3 Å². The lowest BCUT2D eigenvalue weighted by atomic mass is 10.2. The molecule has 1 atom stereocenters. The summed E-state index contributed by atoms with van der Waals surface area (Å²) in [5.74, 6) is 0. The van der Waals surface area contributed by atoms with Crippen LogP contribution in [0.25, 0.3) is 0 Å². The van der Waals surface area contributed by atoms with E-state index in [9.17, 15) is 31.1 Å². The van der Waals surface area contributed by atoms with Gasteiger partial charge in [-0.05, 0) is 6.92 Å². The van der Waals surface area contributed by atoms with Crippen LogP contribution >= 0.6 is 11.6 Å². The summed E-state index contributed by atoms with van der Waals surface area (Å²) in [6.45, 7) is -0.449. The van der Waals surface area contributed by atoms with Crippen molar-refractivity contribution in [2.24, 2.45) is 0 Å². The lowest BCUT2D eigenvalue weighted by molar-refractivity contribution is -0.143. The van der Waals surface area contributed by atoms with E-state index in [4.69, 9.17) is 11.6 Å². The number of nitrogens with one attached hydrogen (secondary N) is 1. The molecule has 11 heteroatoms. The minimum Gasteiger partial charge on any atom is -0.380 e. The zero-order valence-corrected chi connectivity index (χ0v) is 11.3. The van der Waals surface area contributed by atoms with Crippen LogP contribution in [0.15, 0.2) is 11.0 Å². The average Bonchev–Trinajstić information content (AvgIpc) is 2.25. The van der Waals surface area contributed by atoms with Gasteiger partial charge in [0.1, 0.15) is 11.6 Å². The van der Waals surface area contributed by atoms with Gasteiger partial charge in [0.05, 0.1) is 18.3 Å². The Morgan fingerprint density at radius 1 is 1.29 bits per heavy atom. The molecule has 0 bridgehead atoms. The Morgan fingerprint density at radius 2 is 1.86 bits per heavy atom. The standard InChI is InChI=1S/C10H10ClF6N3O/c1-5(2-9(12,13)14)19-6-3-18-20(4-10(15,16)17)8(21)7(6)11/h3,5,19H,2,4H2,1H3.